The van der Waals surface area contributed by atoms with E-state index in [9.17, 15) is 18.3 Å². The van der Waals surface area contributed by atoms with Crippen molar-refractivity contribution in [1.82, 2.24) is 9.62 Å². The van der Waals surface area contributed by atoms with E-state index in [1.807, 2.05) is 0 Å². The van der Waals surface area contributed by atoms with Gasteiger partial charge in [-0.15, -0.1) is 0 Å². The van der Waals surface area contributed by atoms with Crippen LogP contribution in [-0.4, -0.2) is 48.7 Å². The number of aryl methyl sites for hydroxylation is 1. The first kappa shape index (κ1) is 15.3. The summed E-state index contributed by atoms with van der Waals surface area (Å²) in [5.41, 5.74) is 1.19. The fourth-order valence-electron chi connectivity index (χ4n) is 2.75. The summed E-state index contributed by atoms with van der Waals surface area (Å²) >= 11 is 0. The molecule has 3 rings (SSSR count). The number of sulfonamides is 1. The Morgan fingerprint density at radius 2 is 2.05 bits per heavy atom. The lowest BCUT2D eigenvalue weighted by molar-refractivity contribution is 0.0792. The van der Waals surface area contributed by atoms with E-state index in [1.165, 1.54) is 12.1 Å². The number of hydrogen-bond donors (Lipinski definition) is 2. The zero-order valence-corrected chi connectivity index (χ0v) is 13.3. The van der Waals surface area contributed by atoms with E-state index in [4.69, 9.17) is 0 Å². The van der Waals surface area contributed by atoms with E-state index in [-0.39, 0.29) is 24.2 Å². The van der Waals surface area contributed by atoms with Gasteiger partial charge in [-0.2, -0.15) is 0 Å². The first-order valence-electron chi connectivity index (χ1n) is 7.47. The van der Waals surface area contributed by atoms with Crippen molar-refractivity contribution in [2.45, 2.75) is 37.5 Å². The van der Waals surface area contributed by atoms with Crippen molar-refractivity contribution in [3.05, 3.63) is 29.3 Å². The Morgan fingerprint density at radius 3 is 2.68 bits per heavy atom. The molecule has 7 heteroatoms. The Kier molecular flexibility index (Phi) is 3.86. The SMILES string of the molecule is Cc1cc(O)ccc1C(=O)N1CCC(S(=O)(=O)NC2CC2)C1. The van der Waals surface area contributed by atoms with Crippen LogP contribution in [0.25, 0.3) is 0 Å². The predicted octanol–water partition coefficient (Wildman–Crippen LogP) is 0.997. The lowest BCUT2D eigenvalue weighted by atomic mass is 10.1. The molecule has 1 aliphatic carbocycles. The maximum Gasteiger partial charge on any atom is 0.254 e. The molecular formula is C15H20N2O4S. The molecule has 1 unspecified atom stereocenters. The average Bonchev–Trinajstić information content (AvgIpc) is 3.08. The summed E-state index contributed by atoms with van der Waals surface area (Å²) in [7, 11) is -3.35. The van der Waals surface area contributed by atoms with Crippen molar-refractivity contribution in [1.29, 1.82) is 0 Å². The van der Waals surface area contributed by atoms with Gasteiger partial charge in [0.1, 0.15) is 5.75 Å². The summed E-state index contributed by atoms with van der Waals surface area (Å²) in [6, 6.07) is 4.68. The highest BCUT2D eigenvalue weighted by molar-refractivity contribution is 7.90. The molecule has 1 atom stereocenters. The van der Waals surface area contributed by atoms with Gasteiger partial charge in [0.25, 0.3) is 5.91 Å². The molecule has 0 bridgehead atoms. The maximum absolute atomic E-state index is 12.5. The molecule has 2 aliphatic rings. The molecule has 1 amide bonds. The van der Waals surface area contributed by atoms with Crippen molar-refractivity contribution in [2.24, 2.45) is 0 Å². The minimum absolute atomic E-state index is 0.0918. The van der Waals surface area contributed by atoms with Crippen molar-refractivity contribution in [2.75, 3.05) is 13.1 Å². The minimum Gasteiger partial charge on any atom is -0.508 e. The third kappa shape index (κ3) is 3.10. The number of phenolic OH excluding ortho intramolecular Hbond substituents is 1. The summed E-state index contributed by atoms with van der Waals surface area (Å²) in [6.07, 6.45) is 2.27. The Balaban J connectivity index is 1.70. The highest BCUT2D eigenvalue weighted by atomic mass is 32.2. The van der Waals surface area contributed by atoms with E-state index < -0.39 is 15.3 Å². The average molecular weight is 324 g/mol. The van der Waals surface area contributed by atoms with Crippen LogP contribution in [0.4, 0.5) is 0 Å². The van der Waals surface area contributed by atoms with Gasteiger partial charge in [-0.3, -0.25) is 4.79 Å². The number of hydrogen-bond acceptors (Lipinski definition) is 4. The van der Waals surface area contributed by atoms with E-state index in [0.29, 0.717) is 24.1 Å². The van der Waals surface area contributed by atoms with Crippen LogP contribution in [0.3, 0.4) is 0 Å². The molecule has 0 radical (unpaired) electrons. The maximum atomic E-state index is 12.5. The number of likely N-dealkylation sites (tertiary alicyclic amines) is 1. The van der Waals surface area contributed by atoms with Gasteiger partial charge in [0.05, 0.1) is 5.25 Å². The number of rotatable bonds is 4. The van der Waals surface area contributed by atoms with E-state index in [0.717, 1.165) is 12.8 Å². The van der Waals surface area contributed by atoms with Gasteiger partial charge in [-0.25, -0.2) is 13.1 Å². The third-order valence-corrected chi connectivity index (χ3v) is 6.14. The smallest absolute Gasteiger partial charge is 0.254 e. The predicted molar refractivity (Wildman–Crippen MR) is 82.2 cm³/mol. The molecule has 1 aliphatic heterocycles. The number of carbonyl (C=O) groups is 1. The van der Waals surface area contributed by atoms with Crippen LogP contribution in [0.1, 0.15) is 35.2 Å². The summed E-state index contributed by atoms with van der Waals surface area (Å²) in [4.78, 5) is 14.1. The van der Waals surface area contributed by atoms with Crippen LogP contribution >= 0.6 is 0 Å². The molecule has 22 heavy (non-hydrogen) atoms. The highest BCUT2D eigenvalue weighted by Gasteiger charge is 2.38. The molecule has 0 spiro atoms. The lowest BCUT2D eigenvalue weighted by Crippen LogP contribution is -2.38. The van der Waals surface area contributed by atoms with Crippen LogP contribution in [0.5, 0.6) is 5.75 Å². The fraction of sp³-hybridized carbons (Fsp3) is 0.533. The zero-order valence-electron chi connectivity index (χ0n) is 12.4. The second kappa shape index (κ2) is 5.55. The van der Waals surface area contributed by atoms with Crippen molar-refractivity contribution in [3.8, 4) is 5.75 Å². The quantitative estimate of drug-likeness (QED) is 0.865. The number of phenols is 1. The van der Waals surface area contributed by atoms with Gasteiger partial charge in [-0.1, -0.05) is 0 Å². The molecule has 0 aromatic heterocycles. The Labute approximate surface area is 130 Å². The number of nitrogens with one attached hydrogen (secondary N) is 1. The molecule has 6 nitrogen and oxygen atoms in total. The highest BCUT2D eigenvalue weighted by Crippen LogP contribution is 2.25. The molecule has 1 aromatic rings. The topological polar surface area (TPSA) is 86.7 Å². The monoisotopic (exact) mass is 324 g/mol. The molecule has 1 saturated heterocycles. The summed E-state index contributed by atoms with van der Waals surface area (Å²) in [5, 5.41) is 8.88. The molecule has 1 aromatic carbocycles. The van der Waals surface area contributed by atoms with Crippen molar-refractivity contribution in [3.63, 3.8) is 0 Å². The van der Waals surface area contributed by atoms with Gasteiger partial charge in [-0.05, 0) is 49.9 Å². The molecule has 1 saturated carbocycles. The van der Waals surface area contributed by atoms with Crippen LogP contribution < -0.4 is 4.72 Å². The standard InChI is InChI=1S/C15H20N2O4S/c1-10-8-12(18)4-5-14(10)15(19)17-7-6-13(9-17)22(20,21)16-11-2-3-11/h4-5,8,11,13,16,18H,2-3,6-7,9H2,1H3. The second-order valence-corrected chi connectivity index (χ2v) is 8.09. The van der Waals surface area contributed by atoms with E-state index in [1.54, 1.807) is 17.9 Å². The van der Waals surface area contributed by atoms with Crippen LogP contribution in [0.15, 0.2) is 18.2 Å². The van der Waals surface area contributed by atoms with Gasteiger partial charge in [0.2, 0.25) is 10.0 Å². The Hall–Kier alpha value is -1.60. The van der Waals surface area contributed by atoms with Crippen LogP contribution in [0, 0.1) is 6.92 Å². The molecule has 1 heterocycles. The summed E-state index contributed by atoms with van der Waals surface area (Å²) in [5.74, 6) is -0.0637. The number of aromatic hydroxyl groups is 1. The fourth-order valence-corrected chi connectivity index (χ4v) is 4.44. The van der Waals surface area contributed by atoms with E-state index >= 15 is 0 Å². The number of nitrogens with zero attached hydrogens (tertiary/aromatic N) is 1. The van der Waals surface area contributed by atoms with Crippen LogP contribution in [-0.2, 0) is 10.0 Å². The molecule has 2 N–H and O–H groups in total. The number of carbonyl (C=O) groups excluding carboxylic acids is 1. The Morgan fingerprint density at radius 1 is 1.32 bits per heavy atom. The van der Waals surface area contributed by atoms with Crippen molar-refractivity contribution < 1.29 is 18.3 Å². The van der Waals surface area contributed by atoms with Crippen LogP contribution in [0.2, 0.25) is 0 Å². The second-order valence-electron chi connectivity index (χ2n) is 6.10. The normalized spacial score (nSPS) is 22.0. The first-order chi connectivity index (χ1) is 10.4. The Bertz CT molecular complexity index is 697. The molecular weight excluding hydrogens is 304 g/mol. The number of amides is 1. The zero-order chi connectivity index (χ0) is 15.9. The minimum atomic E-state index is -3.35. The van der Waals surface area contributed by atoms with E-state index in [2.05, 4.69) is 4.72 Å². The third-order valence-electron chi connectivity index (χ3n) is 4.22. The first-order valence-corrected chi connectivity index (χ1v) is 9.01. The lowest BCUT2D eigenvalue weighted by Gasteiger charge is -2.18. The molecule has 2 fully saturated rings. The van der Waals surface area contributed by atoms with Gasteiger partial charge in [0, 0.05) is 24.7 Å². The molecule has 120 valence electrons. The van der Waals surface area contributed by atoms with Gasteiger partial charge in [0.15, 0.2) is 0 Å². The number of benzene rings is 1. The summed E-state index contributed by atoms with van der Waals surface area (Å²) in [6.45, 7) is 2.42. The van der Waals surface area contributed by atoms with Crippen molar-refractivity contribution >= 4 is 15.9 Å². The summed E-state index contributed by atoms with van der Waals surface area (Å²) < 4.78 is 27.1. The van der Waals surface area contributed by atoms with Gasteiger partial charge < -0.3 is 10.0 Å². The van der Waals surface area contributed by atoms with Gasteiger partial charge >= 0.3 is 0 Å². The largest absolute Gasteiger partial charge is 0.508 e.